The zero-order valence-corrected chi connectivity index (χ0v) is 27.2. The number of halogens is 1. The molecule has 0 radical (unpaired) electrons. The molecule has 0 bridgehead atoms. The number of anilines is 2. The molecule has 0 aromatic heterocycles. The van der Waals surface area contributed by atoms with Gasteiger partial charge in [-0.3, -0.25) is 14.4 Å². The maximum atomic E-state index is 13.6. The molecule has 0 aliphatic heterocycles. The first-order valence-corrected chi connectivity index (χ1v) is 16.0. The van der Waals surface area contributed by atoms with Crippen molar-refractivity contribution in [1.29, 1.82) is 0 Å². The van der Waals surface area contributed by atoms with Gasteiger partial charge in [0.05, 0.1) is 5.56 Å². The number of carbonyl (C=O) groups excluding carboxylic acids is 3. The van der Waals surface area contributed by atoms with Crippen LogP contribution >= 0.6 is 23.4 Å². The van der Waals surface area contributed by atoms with E-state index in [1.54, 1.807) is 97.9 Å². The van der Waals surface area contributed by atoms with Gasteiger partial charge in [0.2, 0.25) is 5.91 Å². The second-order valence-electron chi connectivity index (χ2n) is 10.6. The van der Waals surface area contributed by atoms with E-state index in [1.807, 2.05) is 30.3 Å². The minimum Gasteiger partial charge on any atom is -0.478 e. The highest BCUT2D eigenvalue weighted by Crippen LogP contribution is 2.37. The van der Waals surface area contributed by atoms with Crippen molar-refractivity contribution in [2.45, 2.75) is 17.1 Å². The van der Waals surface area contributed by atoms with Gasteiger partial charge in [0.1, 0.15) is 10.9 Å². The highest BCUT2D eigenvalue weighted by atomic mass is 35.5. The maximum absolute atomic E-state index is 13.6. The molecule has 240 valence electrons. The summed E-state index contributed by atoms with van der Waals surface area (Å²) in [4.78, 5) is 52.3. The molecule has 1 atom stereocenters. The lowest BCUT2D eigenvalue weighted by Crippen LogP contribution is -2.30. The molecular formula is C38H30ClN3O5S. The fourth-order valence-corrected chi connectivity index (χ4v) is 5.76. The van der Waals surface area contributed by atoms with Crippen LogP contribution in [0.3, 0.4) is 0 Å². The number of hydrogen-bond donors (Lipinski definition) is 4. The summed E-state index contributed by atoms with van der Waals surface area (Å²) in [5.41, 5.74) is 3.56. The Morgan fingerprint density at radius 3 is 2.04 bits per heavy atom. The molecule has 8 nitrogen and oxygen atoms in total. The van der Waals surface area contributed by atoms with Crippen molar-refractivity contribution in [2.24, 2.45) is 0 Å². The predicted molar refractivity (Wildman–Crippen MR) is 190 cm³/mol. The number of carbonyl (C=O) groups is 4. The van der Waals surface area contributed by atoms with Crippen molar-refractivity contribution in [2.75, 3.05) is 10.6 Å². The first kappa shape index (κ1) is 33.7. The highest BCUT2D eigenvalue weighted by Gasteiger charge is 2.23. The second-order valence-corrected chi connectivity index (χ2v) is 12.3. The van der Waals surface area contributed by atoms with Gasteiger partial charge in [-0.15, -0.1) is 11.8 Å². The lowest BCUT2D eigenvalue weighted by Gasteiger charge is -2.18. The Bertz CT molecular complexity index is 1970. The Morgan fingerprint density at radius 1 is 0.750 bits per heavy atom. The lowest BCUT2D eigenvalue weighted by atomic mass is 10.1. The lowest BCUT2D eigenvalue weighted by molar-refractivity contribution is -0.116. The van der Waals surface area contributed by atoms with Gasteiger partial charge in [0.15, 0.2) is 0 Å². The Morgan fingerprint density at radius 2 is 1.40 bits per heavy atom. The average molecular weight is 676 g/mol. The number of hydrogen-bond acceptors (Lipinski definition) is 5. The number of aryl methyl sites for hydroxylation is 1. The van der Waals surface area contributed by atoms with Crippen LogP contribution in [0.2, 0.25) is 5.02 Å². The van der Waals surface area contributed by atoms with Gasteiger partial charge in [-0.1, -0.05) is 78.3 Å². The van der Waals surface area contributed by atoms with E-state index in [1.165, 1.54) is 23.9 Å². The van der Waals surface area contributed by atoms with E-state index in [0.717, 1.165) is 16.0 Å². The molecule has 4 N–H and O–H groups in total. The van der Waals surface area contributed by atoms with Crippen molar-refractivity contribution < 1.29 is 24.3 Å². The van der Waals surface area contributed by atoms with Gasteiger partial charge in [-0.05, 0) is 90.4 Å². The standard InChI is InChI=1S/C38H30ClN3O5S/c1-24-12-15-28(38(46)47)23-32(24)41-37(45)34(26-8-4-2-5-9-26)48-31-20-18-30(19-21-31)40-36(44)33(22-25-13-16-29(39)17-14-25)42-35(43)27-10-6-3-7-11-27/h2-23,34H,1H3,(H,40,44)(H,41,45)(H,42,43)(H,46,47)/b33-22-. The van der Waals surface area contributed by atoms with Crippen molar-refractivity contribution in [3.63, 3.8) is 0 Å². The van der Waals surface area contributed by atoms with E-state index in [-0.39, 0.29) is 17.2 Å². The normalized spacial score (nSPS) is 11.7. The summed E-state index contributed by atoms with van der Waals surface area (Å²) in [6.45, 7) is 1.79. The van der Waals surface area contributed by atoms with Crippen LogP contribution in [0.5, 0.6) is 0 Å². The van der Waals surface area contributed by atoms with Gasteiger partial charge in [-0.25, -0.2) is 4.79 Å². The van der Waals surface area contributed by atoms with Crippen LogP contribution in [0.15, 0.2) is 138 Å². The number of amides is 3. The number of carboxylic acid groups (broad SMARTS) is 1. The molecule has 5 aromatic carbocycles. The number of thioether (sulfide) groups is 1. The van der Waals surface area contributed by atoms with Crippen LogP contribution in [0.4, 0.5) is 11.4 Å². The molecule has 0 spiro atoms. The molecule has 1 unspecified atom stereocenters. The van der Waals surface area contributed by atoms with E-state index >= 15 is 0 Å². The summed E-state index contributed by atoms with van der Waals surface area (Å²) < 4.78 is 0. The highest BCUT2D eigenvalue weighted by molar-refractivity contribution is 8.00. The van der Waals surface area contributed by atoms with Crippen molar-refractivity contribution in [3.8, 4) is 0 Å². The van der Waals surface area contributed by atoms with E-state index in [4.69, 9.17) is 11.6 Å². The largest absolute Gasteiger partial charge is 0.478 e. The Labute approximate surface area is 286 Å². The predicted octanol–water partition coefficient (Wildman–Crippen LogP) is 8.23. The number of carboxylic acids is 1. The first-order chi connectivity index (χ1) is 23.2. The van der Waals surface area contributed by atoms with Gasteiger partial charge in [-0.2, -0.15) is 0 Å². The Kier molecular flexibility index (Phi) is 11.1. The van der Waals surface area contributed by atoms with Crippen LogP contribution < -0.4 is 16.0 Å². The molecule has 5 aromatic rings. The zero-order chi connectivity index (χ0) is 34.0. The SMILES string of the molecule is Cc1ccc(C(=O)O)cc1NC(=O)C(Sc1ccc(NC(=O)/C(=C/c2ccc(Cl)cc2)NC(=O)c2ccccc2)cc1)c1ccccc1. The topological polar surface area (TPSA) is 125 Å². The molecule has 48 heavy (non-hydrogen) atoms. The second kappa shape index (κ2) is 15.8. The van der Waals surface area contributed by atoms with Crippen molar-refractivity contribution >= 4 is 64.5 Å². The number of aromatic carboxylic acids is 1. The fourth-order valence-electron chi connectivity index (χ4n) is 4.61. The molecule has 0 aliphatic carbocycles. The van der Waals surface area contributed by atoms with Gasteiger partial charge in [0.25, 0.3) is 11.8 Å². The van der Waals surface area contributed by atoms with Crippen LogP contribution in [-0.2, 0) is 9.59 Å². The van der Waals surface area contributed by atoms with Crippen LogP contribution in [0.1, 0.15) is 42.7 Å². The first-order valence-electron chi connectivity index (χ1n) is 14.8. The monoisotopic (exact) mass is 675 g/mol. The molecule has 0 heterocycles. The van der Waals surface area contributed by atoms with E-state index in [0.29, 0.717) is 27.5 Å². The fraction of sp³-hybridized carbons (Fsp3) is 0.0526. The maximum Gasteiger partial charge on any atom is 0.335 e. The van der Waals surface area contributed by atoms with Crippen molar-refractivity contribution in [3.05, 3.63) is 166 Å². The summed E-state index contributed by atoms with van der Waals surface area (Å²) in [6, 6.07) is 36.2. The summed E-state index contributed by atoms with van der Waals surface area (Å²) in [6.07, 6.45) is 1.56. The van der Waals surface area contributed by atoms with Crippen LogP contribution in [-0.4, -0.2) is 28.8 Å². The van der Waals surface area contributed by atoms with Gasteiger partial charge >= 0.3 is 5.97 Å². The molecular weight excluding hydrogens is 646 g/mol. The quantitative estimate of drug-likeness (QED) is 0.0826. The third-order valence-electron chi connectivity index (χ3n) is 7.16. The third kappa shape index (κ3) is 9.00. The number of benzene rings is 5. The van der Waals surface area contributed by atoms with E-state index < -0.39 is 23.0 Å². The van der Waals surface area contributed by atoms with Crippen molar-refractivity contribution in [1.82, 2.24) is 5.32 Å². The van der Waals surface area contributed by atoms with Crippen LogP contribution in [0.25, 0.3) is 6.08 Å². The molecule has 0 aliphatic rings. The molecule has 0 saturated carbocycles. The molecule has 0 saturated heterocycles. The average Bonchev–Trinajstić information content (AvgIpc) is 3.10. The summed E-state index contributed by atoms with van der Waals surface area (Å²) in [7, 11) is 0. The summed E-state index contributed by atoms with van der Waals surface area (Å²) in [5, 5.41) is 17.7. The molecule has 10 heteroatoms. The van der Waals surface area contributed by atoms with E-state index in [2.05, 4.69) is 16.0 Å². The van der Waals surface area contributed by atoms with Crippen LogP contribution in [0, 0.1) is 6.92 Å². The van der Waals surface area contributed by atoms with Gasteiger partial charge in [0, 0.05) is 26.9 Å². The number of nitrogens with one attached hydrogen (secondary N) is 3. The molecule has 3 amide bonds. The zero-order valence-electron chi connectivity index (χ0n) is 25.6. The Hall–Kier alpha value is -5.64. The number of rotatable bonds is 11. The third-order valence-corrected chi connectivity index (χ3v) is 8.68. The summed E-state index contributed by atoms with van der Waals surface area (Å²) >= 11 is 7.33. The smallest absolute Gasteiger partial charge is 0.335 e. The summed E-state index contributed by atoms with van der Waals surface area (Å²) in [5.74, 6) is -2.37. The minimum atomic E-state index is -1.09. The molecule has 5 rings (SSSR count). The molecule has 0 fully saturated rings. The Balaban J connectivity index is 1.34. The van der Waals surface area contributed by atoms with E-state index in [9.17, 15) is 24.3 Å². The minimum absolute atomic E-state index is 0.0349. The van der Waals surface area contributed by atoms with Gasteiger partial charge < -0.3 is 21.1 Å².